The maximum absolute atomic E-state index is 12.5. The Kier molecular flexibility index (Phi) is 2.72. The fourth-order valence-corrected chi connectivity index (χ4v) is 2.09. The normalized spacial score (nSPS) is 17.0. The average Bonchev–Trinajstić information content (AvgIpc) is 2.39. The molecule has 0 fully saturated rings. The third-order valence-corrected chi connectivity index (χ3v) is 2.93. The van der Waals surface area contributed by atoms with Crippen LogP contribution in [0.2, 0.25) is 0 Å². The molecule has 0 aliphatic heterocycles. The van der Waals surface area contributed by atoms with E-state index < -0.39 is 11.7 Å². The number of aryl methyl sites for hydroxylation is 2. The average molecular weight is 214 g/mol. The van der Waals surface area contributed by atoms with Crippen molar-refractivity contribution in [2.45, 2.75) is 38.3 Å². The molecule has 0 radical (unpaired) electrons. The summed E-state index contributed by atoms with van der Waals surface area (Å²) in [7, 11) is 0. The Morgan fingerprint density at radius 2 is 1.53 bits per heavy atom. The molecule has 0 spiro atoms. The Morgan fingerprint density at radius 3 is 2.20 bits per heavy atom. The quantitative estimate of drug-likeness (QED) is 0.573. The van der Waals surface area contributed by atoms with E-state index >= 15 is 0 Å². The SMILES string of the molecule is FC(F)(F)c1ccc2c(c1)CCCCC2. The highest BCUT2D eigenvalue weighted by molar-refractivity contribution is 5.34. The number of halogens is 3. The van der Waals surface area contributed by atoms with Crippen molar-refractivity contribution in [3.63, 3.8) is 0 Å². The molecule has 0 heterocycles. The van der Waals surface area contributed by atoms with E-state index in [0.717, 1.165) is 43.2 Å². The molecule has 0 saturated carbocycles. The van der Waals surface area contributed by atoms with Crippen LogP contribution in [0.5, 0.6) is 0 Å². The fourth-order valence-electron chi connectivity index (χ4n) is 2.09. The highest BCUT2D eigenvalue weighted by Crippen LogP contribution is 2.32. The van der Waals surface area contributed by atoms with Gasteiger partial charge in [0.25, 0.3) is 0 Å². The van der Waals surface area contributed by atoms with E-state index in [4.69, 9.17) is 0 Å². The monoisotopic (exact) mass is 214 g/mol. The molecule has 0 atom stereocenters. The lowest BCUT2D eigenvalue weighted by Crippen LogP contribution is -2.06. The Hall–Kier alpha value is -0.990. The van der Waals surface area contributed by atoms with Crippen LogP contribution in [0.1, 0.15) is 36.0 Å². The molecule has 1 aliphatic rings. The first-order valence-corrected chi connectivity index (χ1v) is 5.26. The summed E-state index contributed by atoms with van der Waals surface area (Å²) in [5.41, 5.74) is 1.48. The zero-order valence-corrected chi connectivity index (χ0v) is 8.40. The van der Waals surface area contributed by atoms with Crippen LogP contribution >= 0.6 is 0 Å². The van der Waals surface area contributed by atoms with Gasteiger partial charge in [-0.3, -0.25) is 0 Å². The van der Waals surface area contributed by atoms with E-state index in [1.54, 1.807) is 6.07 Å². The number of benzene rings is 1. The predicted octanol–water partition coefficient (Wildman–Crippen LogP) is 3.97. The van der Waals surface area contributed by atoms with Gasteiger partial charge in [0, 0.05) is 0 Å². The van der Waals surface area contributed by atoms with Gasteiger partial charge in [0.2, 0.25) is 0 Å². The van der Waals surface area contributed by atoms with Gasteiger partial charge >= 0.3 is 6.18 Å². The van der Waals surface area contributed by atoms with Gasteiger partial charge in [-0.25, -0.2) is 0 Å². The van der Waals surface area contributed by atoms with Crippen LogP contribution in [0.3, 0.4) is 0 Å². The largest absolute Gasteiger partial charge is 0.416 e. The van der Waals surface area contributed by atoms with Gasteiger partial charge in [-0.05, 0) is 48.9 Å². The Balaban J connectivity index is 2.36. The second kappa shape index (κ2) is 3.87. The Bertz CT molecular complexity index is 352. The molecule has 0 N–H and O–H groups in total. The summed E-state index contributed by atoms with van der Waals surface area (Å²) >= 11 is 0. The van der Waals surface area contributed by atoms with Crippen LogP contribution in [0.15, 0.2) is 18.2 Å². The van der Waals surface area contributed by atoms with Gasteiger partial charge in [0.05, 0.1) is 5.56 Å². The maximum atomic E-state index is 12.5. The Labute approximate surface area is 87.1 Å². The lowest BCUT2D eigenvalue weighted by molar-refractivity contribution is -0.137. The molecule has 1 aliphatic carbocycles. The highest BCUT2D eigenvalue weighted by atomic mass is 19.4. The standard InChI is InChI=1S/C12H13F3/c13-12(14,15)11-7-6-9-4-2-1-3-5-10(9)8-11/h6-8H,1-5H2. The van der Waals surface area contributed by atoms with Crippen LogP contribution in [-0.2, 0) is 19.0 Å². The van der Waals surface area contributed by atoms with Crippen molar-refractivity contribution >= 4 is 0 Å². The molecular weight excluding hydrogens is 201 g/mol. The minimum Gasteiger partial charge on any atom is -0.166 e. The number of fused-ring (bicyclic) bond motifs is 1. The first-order chi connectivity index (χ1) is 7.07. The molecule has 0 aromatic heterocycles. The first kappa shape index (κ1) is 10.5. The number of hydrogen-bond donors (Lipinski definition) is 0. The van der Waals surface area contributed by atoms with Gasteiger partial charge in [-0.15, -0.1) is 0 Å². The van der Waals surface area contributed by atoms with Gasteiger partial charge in [-0.1, -0.05) is 12.5 Å². The molecule has 0 bridgehead atoms. The molecule has 1 aromatic rings. The minimum absolute atomic E-state index is 0.511. The third kappa shape index (κ3) is 2.33. The maximum Gasteiger partial charge on any atom is 0.416 e. The van der Waals surface area contributed by atoms with Crippen LogP contribution in [0, 0.1) is 0 Å². The highest BCUT2D eigenvalue weighted by Gasteiger charge is 2.30. The topological polar surface area (TPSA) is 0 Å². The van der Waals surface area contributed by atoms with Crippen molar-refractivity contribution in [3.05, 3.63) is 34.9 Å². The predicted molar refractivity (Wildman–Crippen MR) is 52.7 cm³/mol. The van der Waals surface area contributed by atoms with Crippen LogP contribution in [-0.4, -0.2) is 0 Å². The second-order valence-corrected chi connectivity index (χ2v) is 4.04. The van der Waals surface area contributed by atoms with E-state index in [0.29, 0.717) is 0 Å². The first-order valence-electron chi connectivity index (χ1n) is 5.26. The van der Waals surface area contributed by atoms with Crippen molar-refractivity contribution in [2.24, 2.45) is 0 Å². The van der Waals surface area contributed by atoms with Crippen LogP contribution < -0.4 is 0 Å². The van der Waals surface area contributed by atoms with Gasteiger partial charge < -0.3 is 0 Å². The zero-order chi connectivity index (χ0) is 10.9. The Morgan fingerprint density at radius 1 is 0.867 bits per heavy atom. The molecule has 0 amide bonds. The summed E-state index contributed by atoms with van der Waals surface area (Å²) in [6, 6.07) is 4.16. The van der Waals surface area contributed by atoms with Crippen molar-refractivity contribution in [1.82, 2.24) is 0 Å². The molecule has 0 nitrogen and oxygen atoms in total. The summed E-state index contributed by atoms with van der Waals surface area (Å²) < 4.78 is 37.4. The van der Waals surface area contributed by atoms with Crippen molar-refractivity contribution < 1.29 is 13.2 Å². The molecule has 15 heavy (non-hydrogen) atoms. The summed E-state index contributed by atoms with van der Waals surface area (Å²) in [5, 5.41) is 0. The molecule has 0 unspecified atom stereocenters. The lowest BCUT2D eigenvalue weighted by atomic mass is 10.00. The summed E-state index contributed by atoms with van der Waals surface area (Å²) in [6.45, 7) is 0. The summed E-state index contributed by atoms with van der Waals surface area (Å²) in [6.07, 6.45) is 0.733. The van der Waals surface area contributed by atoms with Crippen molar-refractivity contribution in [3.8, 4) is 0 Å². The molecule has 0 saturated heterocycles. The molecule has 1 aromatic carbocycles. The molecule has 82 valence electrons. The smallest absolute Gasteiger partial charge is 0.166 e. The minimum atomic E-state index is -4.21. The van der Waals surface area contributed by atoms with Crippen molar-refractivity contribution in [1.29, 1.82) is 0 Å². The van der Waals surface area contributed by atoms with E-state index in [1.165, 1.54) is 12.1 Å². The molecular formula is C12H13F3. The van der Waals surface area contributed by atoms with Crippen LogP contribution in [0.25, 0.3) is 0 Å². The zero-order valence-electron chi connectivity index (χ0n) is 8.40. The summed E-state index contributed by atoms with van der Waals surface area (Å²) in [4.78, 5) is 0. The number of rotatable bonds is 0. The van der Waals surface area contributed by atoms with E-state index in [2.05, 4.69) is 0 Å². The molecule has 3 heteroatoms. The third-order valence-electron chi connectivity index (χ3n) is 2.93. The number of hydrogen-bond acceptors (Lipinski definition) is 0. The second-order valence-electron chi connectivity index (χ2n) is 4.04. The van der Waals surface area contributed by atoms with Crippen molar-refractivity contribution in [2.75, 3.05) is 0 Å². The van der Waals surface area contributed by atoms with E-state index in [1.807, 2.05) is 0 Å². The summed E-state index contributed by atoms with van der Waals surface area (Å²) in [5.74, 6) is 0. The molecule has 2 rings (SSSR count). The number of alkyl halides is 3. The van der Waals surface area contributed by atoms with Crippen LogP contribution in [0.4, 0.5) is 13.2 Å². The van der Waals surface area contributed by atoms with E-state index in [-0.39, 0.29) is 0 Å². The van der Waals surface area contributed by atoms with Gasteiger partial charge in [0.1, 0.15) is 0 Å². The fraction of sp³-hybridized carbons (Fsp3) is 0.500. The lowest BCUT2D eigenvalue weighted by Gasteiger charge is -2.11. The van der Waals surface area contributed by atoms with Gasteiger partial charge in [0.15, 0.2) is 0 Å². The van der Waals surface area contributed by atoms with E-state index in [9.17, 15) is 13.2 Å². The van der Waals surface area contributed by atoms with Gasteiger partial charge in [-0.2, -0.15) is 13.2 Å².